The highest BCUT2D eigenvalue weighted by molar-refractivity contribution is 6.31. The van der Waals surface area contributed by atoms with Crippen molar-refractivity contribution in [2.75, 3.05) is 11.4 Å². The zero-order valence-electron chi connectivity index (χ0n) is 12.0. The molecule has 0 atom stereocenters. The Labute approximate surface area is 137 Å². The smallest absolute Gasteiger partial charge is 0.449 e. The zero-order chi connectivity index (χ0) is 16.4. The van der Waals surface area contributed by atoms with Crippen molar-refractivity contribution in [3.05, 3.63) is 64.9 Å². The van der Waals surface area contributed by atoms with Gasteiger partial charge < -0.3 is 14.7 Å². The predicted molar refractivity (Wildman–Crippen MR) is 86.6 cm³/mol. The Bertz CT molecular complexity index is 791. The molecule has 4 nitrogen and oxygen atoms in total. The molecule has 118 valence electrons. The third-order valence-electron chi connectivity index (χ3n) is 3.54. The van der Waals surface area contributed by atoms with Gasteiger partial charge in [-0.15, -0.1) is 0 Å². The molecule has 0 amide bonds. The maximum atomic E-state index is 14.2. The van der Waals surface area contributed by atoms with Gasteiger partial charge in [-0.2, -0.15) is 0 Å². The number of carboxylic acid groups (broad SMARTS) is 1. The highest BCUT2D eigenvalue weighted by atomic mass is 35.5. The van der Waals surface area contributed by atoms with Crippen molar-refractivity contribution in [2.45, 2.75) is 6.42 Å². The van der Waals surface area contributed by atoms with E-state index in [1.807, 2.05) is 0 Å². The fourth-order valence-corrected chi connectivity index (χ4v) is 2.77. The van der Waals surface area contributed by atoms with Crippen molar-refractivity contribution >= 4 is 34.9 Å². The summed E-state index contributed by atoms with van der Waals surface area (Å²) in [6.07, 6.45) is 0.793. The molecule has 0 bridgehead atoms. The largest absolute Gasteiger partial charge is 0.511 e. The van der Waals surface area contributed by atoms with Crippen LogP contribution in [0.1, 0.15) is 12.0 Å². The minimum Gasteiger partial charge on any atom is -0.449 e. The molecule has 0 radical (unpaired) electrons. The van der Waals surface area contributed by atoms with E-state index in [4.69, 9.17) is 21.4 Å². The van der Waals surface area contributed by atoms with Crippen LogP contribution >= 0.6 is 11.6 Å². The van der Waals surface area contributed by atoms with Crippen molar-refractivity contribution in [1.82, 2.24) is 0 Å². The number of nitrogens with zero attached hydrogens (tertiary/aromatic N) is 1. The van der Waals surface area contributed by atoms with Gasteiger partial charge in [0.15, 0.2) is 0 Å². The van der Waals surface area contributed by atoms with E-state index in [9.17, 15) is 9.18 Å². The van der Waals surface area contributed by atoms with Crippen LogP contribution in [0.5, 0.6) is 0 Å². The standard InChI is InChI=1S/C17H13ClFNO3/c18-11-7-8-12-15(10-11)20(14-5-2-1-4-13(14)19)9-3-6-16(12)23-17(21)22/h1-2,4-8,10H,3,9H2,(H,21,22). The van der Waals surface area contributed by atoms with Gasteiger partial charge in [-0.1, -0.05) is 23.7 Å². The van der Waals surface area contributed by atoms with Gasteiger partial charge in [-0.3, -0.25) is 0 Å². The van der Waals surface area contributed by atoms with Gasteiger partial charge >= 0.3 is 6.16 Å². The van der Waals surface area contributed by atoms with Crippen LogP contribution in [-0.4, -0.2) is 17.8 Å². The topological polar surface area (TPSA) is 49.8 Å². The summed E-state index contributed by atoms with van der Waals surface area (Å²) in [6, 6.07) is 11.4. The number of hydrogen-bond donors (Lipinski definition) is 1. The average molecular weight is 334 g/mol. The maximum Gasteiger partial charge on any atom is 0.511 e. The lowest BCUT2D eigenvalue weighted by Gasteiger charge is -2.26. The average Bonchev–Trinajstić information content (AvgIpc) is 2.67. The molecule has 1 aliphatic heterocycles. The minimum absolute atomic E-state index is 0.225. The van der Waals surface area contributed by atoms with E-state index in [0.717, 1.165) is 0 Å². The Hall–Kier alpha value is -2.53. The second-order valence-corrected chi connectivity index (χ2v) is 5.43. The Morgan fingerprint density at radius 3 is 2.74 bits per heavy atom. The Balaban J connectivity index is 2.13. The molecule has 6 heteroatoms. The molecule has 2 aromatic carbocycles. The van der Waals surface area contributed by atoms with E-state index in [1.165, 1.54) is 6.07 Å². The first-order valence-corrected chi connectivity index (χ1v) is 7.37. The Morgan fingerprint density at radius 2 is 2.00 bits per heavy atom. The summed E-state index contributed by atoms with van der Waals surface area (Å²) in [4.78, 5) is 12.7. The molecule has 2 aromatic rings. The zero-order valence-corrected chi connectivity index (χ0v) is 12.8. The van der Waals surface area contributed by atoms with Crippen LogP contribution in [0.4, 0.5) is 20.6 Å². The first-order valence-electron chi connectivity index (χ1n) is 6.99. The van der Waals surface area contributed by atoms with Gasteiger partial charge in [0.2, 0.25) is 0 Å². The number of anilines is 2. The van der Waals surface area contributed by atoms with Crippen LogP contribution in [0.2, 0.25) is 5.02 Å². The molecule has 1 heterocycles. The number of fused-ring (bicyclic) bond motifs is 1. The van der Waals surface area contributed by atoms with E-state index in [0.29, 0.717) is 34.9 Å². The molecular weight excluding hydrogens is 321 g/mol. The highest BCUT2D eigenvalue weighted by Crippen LogP contribution is 2.38. The van der Waals surface area contributed by atoms with Crippen molar-refractivity contribution < 1.29 is 19.0 Å². The lowest BCUT2D eigenvalue weighted by molar-refractivity contribution is 0.134. The second kappa shape index (κ2) is 6.30. The van der Waals surface area contributed by atoms with E-state index >= 15 is 0 Å². The molecule has 23 heavy (non-hydrogen) atoms. The summed E-state index contributed by atoms with van der Waals surface area (Å²) in [5, 5.41) is 9.38. The fraction of sp³-hybridized carbons (Fsp3) is 0.118. The minimum atomic E-state index is -1.39. The molecule has 0 aliphatic carbocycles. The number of benzene rings is 2. The summed E-state index contributed by atoms with van der Waals surface area (Å²) in [6.45, 7) is 0.473. The van der Waals surface area contributed by atoms with Crippen molar-refractivity contribution in [3.8, 4) is 0 Å². The van der Waals surface area contributed by atoms with E-state index < -0.39 is 6.16 Å². The third kappa shape index (κ3) is 3.14. The number of para-hydroxylation sites is 1. The quantitative estimate of drug-likeness (QED) is 0.781. The molecule has 1 N–H and O–H groups in total. The van der Waals surface area contributed by atoms with Crippen LogP contribution < -0.4 is 4.90 Å². The monoisotopic (exact) mass is 333 g/mol. The molecule has 0 saturated heterocycles. The normalized spacial score (nSPS) is 13.8. The maximum absolute atomic E-state index is 14.2. The number of hydrogen-bond acceptors (Lipinski definition) is 3. The molecule has 0 aromatic heterocycles. The van der Waals surface area contributed by atoms with Gasteiger partial charge in [-0.05, 0) is 42.8 Å². The molecule has 0 saturated carbocycles. The summed E-state index contributed by atoms with van der Waals surface area (Å²) in [5.74, 6) is -0.135. The third-order valence-corrected chi connectivity index (χ3v) is 3.77. The summed E-state index contributed by atoms with van der Waals surface area (Å²) < 4.78 is 19.1. The van der Waals surface area contributed by atoms with Crippen LogP contribution in [0.3, 0.4) is 0 Å². The van der Waals surface area contributed by atoms with Crippen molar-refractivity contribution in [2.24, 2.45) is 0 Å². The van der Waals surface area contributed by atoms with E-state index in [1.54, 1.807) is 47.4 Å². The SMILES string of the molecule is O=C(O)OC1=CCCN(c2ccccc2F)c2cc(Cl)ccc21. The molecular formula is C17H13ClFNO3. The molecule has 0 fully saturated rings. The van der Waals surface area contributed by atoms with Crippen molar-refractivity contribution in [3.63, 3.8) is 0 Å². The summed E-state index contributed by atoms with van der Waals surface area (Å²) >= 11 is 6.08. The summed E-state index contributed by atoms with van der Waals surface area (Å²) in [5.41, 5.74) is 1.56. The van der Waals surface area contributed by atoms with Gasteiger partial charge in [0, 0.05) is 17.1 Å². The molecule has 0 spiro atoms. The number of rotatable bonds is 2. The Kier molecular flexibility index (Phi) is 4.21. The van der Waals surface area contributed by atoms with Gasteiger partial charge in [0.05, 0.1) is 11.4 Å². The van der Waals surface area contributed by atoms with Crippen LogP contribution in [0.25, 0.3) is 5.76 Å². The van der Waals surface area contributed by atoms with Gasteiger partial charge in [0.1, 0.15) is 11.6 Å². The van der Waals surface area contributed by atoms with Crippen LogP contribution in [0.15, 0.2) is 48.5 Å². The Morgan fingerprint density at radius 1 is 1.22 bits per heavy atom. The molecule has 3 rings (SSSR count). The van der Waals surface area contributed by atoms with Crippen LogP contribution in [0, 0.1) is 5.82 Å². The van der Waals surface area contributed by atoms with Crippen molar-refractivity contribution in [1.29, 1.82) is 0 Å². The van der Waals surface area contributed by atoms with E-state index in [2.05, 4.69) is 0 Å². The first-order chi connectivity index (χ1) is 11.1. The lowest BCUT2D eigenvalue weighted by Crippen LogP contribution is -2.19. The molecule has 1 aliphatic rings. The second-order valence-electron chi connectivity index (χ2n) is 4.99. The fourth-order valence-electron chi connectivity index (χ4n) is 2.60. The number of halogens is 2. The van der Waals surface area contributed by atoms with Gasteiger partial charge in [0.25, 0.3) is 0 Å². The summed E-state index contributed by atoms with van der Waals surface area (Å²) in [7, 11) is 0. The first kappa shape index (κ1) is 15.4. The van der Waals surface area contributed by atoms with Gasteiger partial charge in [-0.25, -0.2) is 9.18 Å². The van der Waals surface area contributed by atoms with E-state index in [-0.39, 0.29) is 11.6 Å². The molecule has 0 unspecified atom stereocenters. The predicted octanol–water partition coefficient (Wildman–Crippen LogP) is 5.06. The van der Waals surface area contributed by atoms with Crippen LogP contribution in [-0.2, 0) is 4.74 Å². The number of carbonyl (C=O) groups is 1. The number of ether oxygens (including phenoxy) is 1. The lowest BCUT2D eigenvalue weighted by atomic mass is 10.1. The highest BCUT2D eigenvalue weighted by Gasteiger charge is 2.23.